The first-order valence-corrected chi connectivity index (χ1v) is 7.34. The number of methoxy groups -OCH3 is 1. The Hall–Kier alpha value is -1.97. The van der Waals surface area contributed by atoms with Crippen LogP contribution in [0.2, 0.25) is 10.0 Å². The van der Waals surface area contributed by atoms with E-state index in [1.165, 1.54) is 6.08 Å². The average molecular weight is 336 g/mol. The minimum absolute atomic E-state index is 0.0901. The number of anilines is 1. The van der Waals surface area contributed by atoms with Gasteiger partial charge in [0.15, 0.2) is 5.78 Å². The molecular weight excluding hydrogens is 321 g/mol. The maximum absolute atomic E-state index is 12.2. The van der Waals surface area contributed by atoms with Gasteiger partial charge in [-0.2, -0.15) is 0 Å². The zero-order chi connectivity index (χ0) is 16.1. The molecule has 0 atom stereocenters. The zero-order valence-corrected chi connectivity index (χ0v) is 13.7. The molecule has 0 fully saturated rings. The molecule has 0 aliphatic heterocycles. The molecule has 0 unspecified atom stereocenters. The van der Waals surface area contributed by atoms with Crippen LogP contribution in [0.15, 0.2) is 54.2 Å². The quantitative estimate of drug-likeness (QED) is 0.602. The standard InChI is InChI=1S/C17H15Cl2NO2/c1-11(20-13-5-8-15(18)16(19)10-13)9-17(21)12-3-6-14(22-2)7-4-12/h3-10,20H,1-2H3. The average Bonchev–Trinajstić information content (AvgIpc) is 2.51. The van der Waals surface area contributed by atoms with Crippen LogP contribution in [-0.2, 0) is 0 Å². The van der Waals surface area contributed by atoms with Crippen molar-refractivity contribution in [2.24, 2.45) is 0 Å². The number of rotatable bonds is 5. The Kier molecular flexibility index (Phi) is 5.47. The van der Waals surface area contributed by atoms with Crippen molar-refractivity contribution in [3.05, 3.63) is 69.8 Å². The number of allylic oxidation sites excluding steroid dienone is 2. The molecule has 2 aromatic rings. The lowest BCUT2D eigenvalue weighted by atomic mass is 10.1. The topological polar surface area (TPSA) is 38.3 Å². The first kappa shape index (κ1) is 16.4. The van der Waals surface area contributed by atoms with Crippen LogP contribution >= 0.6 is 23.2 Å². The third-order valence-corrected chi connectivity index (χ3v) is 3.72. The first-order valence-electron chi connectivity index (χ1n) is 6.58. The SMILES string of the molecule is COc1ccc(C(=O)C=C(C)Nc2ccc(Cl)c(Cl)c2)cc1. The van der Waals surface area contributed by atoms with E-state index in [9.17, 15) is 4.79 Å². The second kappa shape index (κ2) is 7.34. The summed E-state index contributed by atoms with van der Waals surface area (Å²) in [6.45, 7) is 1.81. The predicted molar refractivity (Wildman–Crippen MR) is 91.2 cm³/mol. The van der Waals surface area contributed by atoms with Gasteiger partial charge in [-0.3, -0.25) is 4.79 Å². The zero-order valence-electron chi connectivity index (χ0n) is 12.2. The summed E-state index contributed by atoms with van der Waals surface area (Å²) in [6.07, 6.45) is 1.53. The van der Waals surface area contributed by atoms with Crippen LogP contribution < -0.4 is 10.1 Å². The molecule has 0 spiro atoms. The van der Waals surface area contributed by atoms with E-state index < -0.39 is 0 Å². The molecule has 114 valence electrons. The smallest absolute Gasteiger partial charge is 0.187 e. The normalized spacial score (nSPS) is 11.2. The molecular formula is C17H15Cl2NO2. The number of nitrogens with one attached hydrogen (secondary N) is 1. The largest absolute Gasteiger partial charge is 0.497 e. The van der Waals surface area contributed by atoms with Gasteiger partial charge >= 0.3 is 0 Å². The van der Waals surface area contributed by atoms with E-state index in [1.54, 1.807) is 49.6 Å². The highest BCUT2D eigenvalue weighted by Crippen LogP contribution is 2.25. The van der Waals surface area contributed by atoms with E-state index in [-0.39, 0.29) is 5.78 Å². The monoisotopic (exact) mass is 335 g/mol. The van der Waals surface area contributed by atoms with Crippen molar-refractivity contribution in [1.82, 2.24) is 0 Å². The van der Waals surface area contributed by atoms with Crippen molar-refractivity contribution in [2.75, 3.05) is 12.4 Å². The lowest BCUT2D eigenvalue weighted by Crippen LogP contribution is -2.01. The Morgan fingerprint density at radius 3 is 2.36 bits per heavy atom. The van der Waals surface area contributed by atoms with Gasteiger partial charge in [0.05, 0.1) is 17.2 Å². The van der Waals surface area contributed by atoms with Crippen LogP contribution in [0, 0.1) is 0 Å². The molecule has 0 bridgehead atoms. The Bertz CT molecular complexity index is 709. The summed E-state index contributed by atoms with van der Waals surface area (Å²) >= 11 is 11.8. The van der Waals surface area contributed by atoms with Crippen molar-refractivity contribution < 1.29 is 9.53 Å². The van der Waals surface area contributed by atoms with E-state index in [2.05, 4.69) is 5.32 Å². The van der Waals surface area contributed by atoms with Crippen molar-refractivity contribution in [3.8, 4) is 5.75 Å². The van der Waals surface area contributed by atoms with Gasteiger partial charge in [0.2, 0.25) is 0 Å². The molecule has 2 aromatic carbocycles. The van der Waals surface area contributed by atoms with Crippen LogP contribution in [0.1, 0.15) is 17.3 Å². The van der Waals surface area contributed by atoms with Gasteiger partial charge in [-0.05, 0) is 49.4 Å². The van der Waals surface area contributed by atoms with Gasteiger partial charge in [0.25, 0.3) is 0 Å². The van der Waals surface area contributed by atoms with Crippen LogP contribution in [0.3, 0.4) is 0 Å². The Balaban J connectivity index is 2.09. The predicted octanol–water partition coefficient (Wildman–Crippen LogP) is 5.20. The van der Waals surface area contributed by atoms with E-state index in [1.807, 2.05) is 6.92 Å². The third kappa shape index (κ3) is 4.26. The lowest BCUT2D eigenvalue weighted by Gasteiger charge is -2.08. The summed E-state index contributed by atoms with van der Waals surface area (Å²) in [6, 6.07) is 12.2. The minimum Gasteiger partial charge on any atom is -0.497 e. The van der Waals surface area contributed by atoms with E-state index in [0.717, 1.165) is 5.69 Å². The molecule has 0 aliphatic rings. The summed E-state index contributed by atoms with van der Waals surface area (Å²) in [5, 5.41) is 4.05. The molecule has 0 aromatic heterocycles. The Labute approximate surface area is 139 Å². The fourth-order valence-electron chi connectivity index (χ4n) is 1.87. The number of benzene rings is 2. The number of carbonyl (C=O) groups excluding carboxylic acids is 1. The summed E-state index contributed by atoms with van der Waals surface area (Å²) in [7, 11) is 1.59. The van der Waals surface area contributed by atoms with Crippen LogP contribution in [-0.4, -0.2) is 12.9 Å². The number of ether oxygens (including phenoxy) is 1. The molecule has 0 radical (unpaired) electrons. The summed E-state index contributed by atoms with van der Waals surface area (Å²) in [4.78, 5) is 12.2. The lowest BCUT2D eigenvalue weighted by molar-refractivity contribution is 0.104. The molecule has 0 heterocycles. The first-order chi connectivity index (χ1) is 10.5. The molecule has 2 rings (SSSR count). The summed E-state index contributed by atoms with van der Waals surface area (Å²) in [5.74, 6) is 0.624. The van der Waals surface area contributed by atoms with Crippen LogP contribution in [0.4, 0.5) is 5.69 Å². The van der Waals surface area contributed by atoms with Gasteiger partial charge in [-0.1, -0.05) is 23.2 Å². The van der Waals surface area contributed by atoms with Gasteiger partial charge < -0.3 is 10.1 Å². The molecule has 0 amide bonds. The molecule has 5 heteroatoms. The highest BCUT2D eigenvalue weighted by Gasteiger charge is 2.05. The maximum atomic E-state index is 12.2. The van der Waals surface area contributed by atoms with E-state index >= 15 is 0 Å². The van der Waals surface area contributed by atoms with Crippen LogP contribution in [0.5, 0.6) is 5.75 Å². The van der Waals surface area contributed by atoms with Gasteiger partial charge in [0.1, 0.15) is 5.75 Å². The number of hydrogen-bond acceptors (Lipinski definition) is 3. The summed E-state index contributed by atoms with van der Waals surface area (Å²) in [5.41, 5.74) is 2.07. The van der Waals surface area contributed by atoms with Crippen molar-refractivity contribution >= 4 is 34.7 Å². The van der Waals surface area contributed by atoms with Crippen LogP contribution in [0.25, 0.3) is 0 Å². The second-order valence-corrected chi connectivity index (χ2v) is 5.49. The highest BCUT2D eigenvalue weighted by molar-refractivity contribution is 6.42. The second-order valence-electron chi connectivity index (χ2n) is 4.67. The molecule has 0 aliphatic carbocycles. The molecule has 0 saturated heterocycles. The summed E-state index contributed by atoms with van der Waals surface area (Å²) < 4.78 is 5.07. The highest BCUT2D eigenvalue weighted by atomic mass is 35.5. The maximum Gasteiger partial charge on any atom is 0.187 e. The fourth-order valence-corrected chi connectivity index (χ4v) is 2.17. The number of carbonyl (C=O) groups is 1. The van der Waals surface area contributed by atoms with Crippen molar-refractivity contribution in [2.45, 2.75) is 6.92 Å². The Morgan fingerprint density at radius 1 is 1.09 bits per heavy atom. The Morgan fingerprint density at radius 2 is 1.77 bits per heavy atom. The van der Waals surface area contributed by atoms with Gasteiger partial charge in [-0.25, -0.2) is 0 Å². The van der Waals surface area contributed by atoms with Crippen molar-refractivity contribution in [3.63, 3.8) is 0 Å². The third-order valence-electron chi connectivity index (χ3n) is 2.98. The number of ketones is 1. The van der Waals surface area contributed by atoms with E-state index in [4.69, 9.17) is 27.9 Å². The van der Waals surface area contributed by atoms with E-state index in [0.29, 0.717) is 27.1 Å². The van der Waals surface area contributed by atoms with Crippen molar-refractivity contribution in [1.29, 1.82) is 0 Å². The molecule has 22 heavy (non-hydrogen) atoms. The van der Waals surface area contributed by atoms with Gasteiger partial charge in [0, 0.05) is 23.0 Å². The molecule has 3 nitrogen and oxygen atoms in total. The number of halogens is 2. The number of hydrogen-bond donors (Lipinski definition) is 1. The van der Waals surface area contributed by atoms with Gasteiger partial charge in [-0.15, -0.1) is 0 Å². The minimum atomic E-state index is -0.0901. The molecule has 0 saturated carbocycles. The fraction of sp³-hybridized carbons (Fsp3) is 0.118. The molecule has 1 N–H and O–H groups in total.